The standard InChI is InChI=1S/C14H19N3O2S/c1-11-5-3-4-6-12(11)13-15-16-14(17(13)2)20-10-9-19-8-7-18/h3-6,18H,7-10H2,1-2H3. The molecule has 0 unspecified atom stereocenters. The van der Waals surface area contributed by atoms with E-state index in [1.165, 1.54) is 5.56 Å². The fourth-order valence-corrected chi connectivity index (χ4v) is 2.62. The Morgan fingerprint density at radius 1 is 1.25 bits per heavy atom. The highest BCUT2D eigenvalue weighted by Crippen LogP contribution is 2.24. The molecule has 1 N–H and O–H groups in total. The SMILES string of the molecule is Cc1ccccc1-c1nnc(SCCOCCO)n1C. The van der Waals surface area contributed by atoms with Gasteiger partial charge in [-0.15, -0.1) is 10.2 Å². The van der Waals surface area contributed by atoms with Crippen LogP contribution in [0.3, 0.4) is 0 Å². The molecule has 1 aromatic carbocycles. The first-order chi connectivity index (χ1) is 9.74. The van der Waals surface area contributed by atoms with E-state index in [9.17, 15) is 0 Å². The lowest BCUT2D eigenvalue weighted by Gasteiger charge is -2.06. The molecule has 0 bridgehead atoms. The van der Waals surface area contributed by atoms with Crippen molar-refractivity contribution in [2.24, 2.45) is 7.05 Å². The van der Waals surface area contributed by atoms with Crippen molar-refractivity contribution in [1.82, 2.24) is 14.8 Å². The minimum absolute atomic E-state index is 0.0616. The van der Waals surface area contributed by atoms with Crippen molar-refractivity contribution in [3.63, 3.8) is 0 Å². The average molecular weight is 293 g/mol. The normalized spacial score (nSPS) is 10.9. The van der Waals surface area contributed by atoms with Gasteiger partial charge in [0.05, 0.1) is 19.8 Å². The zero-order valence-corrected chi connectivity index (χ0v) is 12.6. The summed E-state index contributed by atoms with van der Waals surface area (Å²) in [5.41, 5.74) is 2.29. The average Bonchev–Trinajstić information content (AvgIpc) is 2.81. The van der Waals surface area contributed by atoms with Crippen LogP contribution in [0.2, 0.25) is 0 Å². The highest BCUT2D eigenvalue weighted by Gasteiger charge is 2.12. The molecule has 0 spiro atoms. The third-order valence-corrected chi connectivity index (χ3v) is 3.90. The molecule has 0 aliphatic heterocycles. The summed E-state index contributed by atoms with van der Waals surface area (Å²) in [6, 6.07) is 8.15. The van der Waals surface area contributed by atoms with E-state index in [0.717, 1.165) is 22.3 Å². The Balaban J connectivity index is 2.02. The van der Waals surface area contributed by atoms with Crippen molar-refractivity contribution in [1.29, 1.82) is 0 Å². The molecule has 0 radical (unpaired) electrons. The molecule has 5 nitrogen and oxygen atoms in total. The summed E-state index contributed by atoms with van der Waals surface area (Å²) in [7, 11) is 1.97. The number of aliphatic hydroxyl groups excluding tert-OH is 1. The van der Waals surface area contributed by atoms with Crippen molar-refractivity contribution in [3.8, 4) is 11.4 Å². The van der Waals surface area contributed by atoms with Crippen LogP contribution in [-0.2, 0) is 11.8 Å². The summed E-state index contributed by atoms with van der Waals surface area (Å²) in [5, 5.41) is 18.0. The van der Waals surface area contributed by atoms with Gasteiger partial charge in [0.25, 0.3) is 0 Å². The number of thioether (sulfide) groups is 1. The second kappa shape index (κ2) is 7.42. The Hall–Kier alpha value is -1.37. The topological polar surface area (TPSA) is 60.2 Å². The maximum Gasteiger partial charge on any atom is 0.191 e. The van der Waals surface area contributed by atoms with Crippen LogP contribution in [0.25, 0.3) is 11.4 Å². The predicted octanol–water partition coefficient (Wildman–Crippen LogP) is 1.89. The van der Waals surface area contributed by atoms with Crippen LogP contribution >= 0.6 is 11.8 Å². The monoisotopic (exact) mass is 293 g/mol. The van der Waals surface area contributed by atoms with Gasteiger partial charge < -0.3 is 14.4 Å². The zero-order valence-electron chi connectivity index (χ0n) is 11.7. The highest BCUT2D eigenvalue weighted by atomic mass is 32.2. The molecule has 0 aliphatic carbocycles. The Labute approximate surface area is 123 Å². The molecule has 0 fully saturated rings. The van der Waals surface area contributed by atoms with Gasteiger partial charge >= 0.3 is 0 Å². The molecular formula is C14H19N3O2S. The fraction of sp³-hybridized carbons (Fsp3) is 0.429. The summed E-state index contributed by atoms with van der Waals surface area (Å²) in [4.78, 5) is 0. The van der Waals surface area contributed by atoms with Crippen molar-refractivity contribution in [2.45, 2.75) is 12.1 Å². The van der Waals surface area contributed by atoms with Crippen LogP contribution < -0.4 is 0 Å². The van der Waals surface area contributed by atoms with Crippen molar-refractivity contribution in [2.75, 3.05) is 25.6 Å². The van der Waals surface area contributed by atoms with E-state index < -0.39 is 0 Å². The number of nitrogens with zero attached hydrogens (tertiary/aromatic N) is 3. The van der Waals surface area contributed by atoms with Gasteiger partial charge in [-0.1, -0.05) is 36.0 Å². The van der Waals surface area contributed by atoms with E-state index in [0.29, 0.717) is 13.2 Å². The molecule has 0 aliphatic rings. The molecule has 6 heteroatoms. The second-order valence-electron chi connectivity index (χ2n) is 4.36. The summed E-state index contributed by atoms with van der Waals surface area (Å²) in [5.74, 6) is 1.67. The lowest BCUT2D eigenvalue weighted by atomic mass is 10.1. The van der Waals surface area contributed by atoms with Crippen LogP contribution in [0.1, 0.15) is 5.56 Å². The maximum atomic E-state index is 8.62. The predicted molar refractivity (Wildman–Crippen MR) is 79.8 cm³/mol. The van der Waals surface area contributed by atoms with Gasteiger partial charge in [-0.25, -0.2) is 0 Å². The number of hydrogen-bond donors (Lipinski definition) is 1. The summed E-state index contributed by atoms with van der Waals surface area (Å²) < 4.78 is 7.23. The van der Waals surface area contributed by atoms with Crippen LogP contribution in [0.4, 0.5) is 0 Å². The number of hydrogen-bond acceptors (Lipinski definition) is 5. The Morgan fingerprint density at radius 3 is 2.80 bits per heavy atom. The molecule has 2 aromatic rings. The Bertz CT molecular complexity index is 557. The van der Waals surface area contributed by atoms with Gasteiger partial charge in [0.15, 0.2) is 11.0 Å². The molecular weight excluding hydrogens is 274 g/mol. The Kier molecular flexibility index (Phi) is 5.58. The van der Waals surface area contributed by atoms with Crippen LogP contribution in [0, 0.1) is 6.92 Å². The van der Waals surface area contributed by atoms with E-state index in [4.69, 9.17) is 9.84 Å². The largest absolute Gasteiger partial charge is 0.394 e. The quantitative estimate of drug-likeness (QED) is 0.624. The summed E-state index contributed by atoms with van der Waals surface area (Å²) in [6.45, 7) is 3.11. The lowest BCUT2D eigenvalue weighted by Crippen LogP contribution is -2.03. The van der Waals surface area contributed by atoms with Gasteiger partial charge in [0, 0.05) is 18.4 Å². The number of ether oxygens (including phenoxy) is 1. The lowest BCUT2D eigenvalue weighted by molar-refractivity contribution is 0.103. The van der Waals surface area contributed by atoms with E-state index >= 15 is 0 Å². The zero-order chi connectivity index (χ0) is 14.4. The fourth-order valence-electron chi connectivity index (χ4n) is 1.86. The van der Waals surface area contributed by atoms with Crippen molar-refractivity contribution < 1.29 is 9.84 Å². The van der Waals surface area contributed by atoms with Crippen LogP contribution in [-0.4, -0.2) is 45.4 Å². The van der Waals surface area contributed by atoms with Crippen LogP contribution in [0.5, 0.6) is 0 Å². The van der Waals surface area contributed by atoms with Gasteiger partial charge in [-0.3, -0.25) is 0 Å². The molecule has 20 heavy (non-hydrogen) atoms. The molecule has 0 atom stereocenters. The smallest absolute Gasteiger partial charge is 0.191 e. The van der Waals surface area contributed by atoms with Gasteiger partial charge in [0.2, 0.25) is 0 Å². The number of aryl methyl sites for hydroxylation is 1. The minimum atomic E-state index is 0.0616. The number of aliphatic hydroxyl groups is 1. The van der Waals surface area contributed by atoms with Crippen LogP contribution in [0.15, 0.2) is 29.4 Å². The summed E-state index contributed by atoms with van der Waals surface area (Å²) >= 11 is 1.60. The molecule has 1 heterocycles. The number of aromatic nitrogens is 3. The number of benzene rings is 1. The first kappa shape index (κ1) is 15.0. The third-order valence-electron chi connectivity index (χ3n) is 2.92. The molecule has 0 amide bonds. The first-order valence-electron chi connectivity index (χ1n) is 6.51. The third kappa shape index (κ3) is 3.59. The maximum absolute atomic E-state index is 8.62. The van der Waals surface area contributed by atoms with E-state index in [1.807, 2.05) is 23.7 Å². The van der Waals surface area contributed by atoms with E-state index in [-0.39, 0.29) is 6.61 Å². The minimum Gasteiger partial charge on any atom is -0.394 e. The molecule has 0 saturated heterocycles. The van der Waals surface area contributed by atoms with Crippen molar-refractivity contribution >= 4 is 11.8 Å². The number of rotatable bonds is 7. The van der Waals surface area contributed by atoms with Gasteiger partial charge in [-0.2, -0.15) is 0 Å². The van der Waals surface area contributed by atoms with Gasteiger partial charge in [-0.05, 0) is 12.5 Å². The Morgan fingerprint density at radius 2 is 2.05 bits per heavy atom. The van der Waals surface area contributed by atoms with Gasteiger partial charge in [0.1, 0.15) is 0 Å². The van der Waals surface area contributed by atoms with E-state index in [2.05, 4.69) is 29.3 Å². The molecule has 0 saturated carbocycles. The molecule has 1 aromatic heterocycles. The highest BCUT2D eigenvalue weighted by molar-refractivity contribution is 7.99. The first-order valence-corrected chi connectivity index (χ1v) is 7.49. The molecule has 2 rings (SSSR count). The van der Waals surface area contributed by atoms with Crippen molar-refractivity contribution in [3.05, 3.63) is 29.8 Å². The second-order valence-corrected chi connectivity index (χ2v) is 5.43. The molecule has 108 valence electrons. The van der Waals surface area contributed by atoms with E-state index in [1.54, 1.807) is 11.8 Å². The summed E-state index contributed by atoms with van der Waals surface area (Å²) in [6.07, 6.45) is 0.